The normalized spacial score (nSPS) is 11.0. The highest BCUT2D eigenvalue weighted by atomic mass is 32.1. The average Bonchev–Trinajstić information content (AvgIpc) is 2.95. The molecule has 3 rings (SSSR count). The smallest absolute Gasteiger partial charge is 0.191 e. The number of fused-ring (bicyclic) bond motifs is 1. The van der Waals surface area contributed by atoms with Gasteiger partial charge in [0.1, 0.15) is 17.3 Å². The minimum atomic E-state index is -0.727. The maximum absolute atomic E-state index is 13.5. The fraction of sp³-hybridized carbons (Fsp3) is 0. The molecule has 0 aliphatic rings. The van der Waals surface area contributed by atoms with Gasteiger partial charge in [-0.1, -0.05) is 24.3 Å². The SMILES string of the molecule is Fc1cccc(F)c1NC(=S)N/N=C\c1c[nH]c2ccccc12. The molecule has 0 bridgehead atoms. The van der Waals surface area contributed by atoms with Gasteiger partial charge in [0, 0.05) is 22.7 Å². The molecule has 0 saturated carbocycles. The lowest BCUT2D eigenvalue weighted by Crippen LogP contribution is -2.25. The van der Waals surface area contributed by atoms with E-state index < -0.39 is 11.6 Å². The van der Waals surface area contributed by atoms with Gasteiger partial charge in [-0.15, -0.1) is 0 Å². The minimum absolute atomic E-state index is 0.00917. The van der Waals surface area contributed by atoms with E-state index in [4.69, 9.17) is 12.2 Å². The summed E-state index contributed by atoms with van der Waals surface area (Å²) in [6, 6.07) is 11.3. The molecule has 116 valence electrons. The number of halogens is 2. The maximum Gasteiger partial charge on any atom is 0.191 e. The summed E-state index contributed by atoms with van der Waals surface area (Å²) in [6.45, 7) is 0. The van der Waals surface area contributed by atoms with Gasteiger partial charge in [0.05, 0.1) is 6.21 Å². The molecule has 0 spiro atoms. The molecule has 0 aliphatic heterocycles. The van der Waals surface area contributed by atoms with Crippen molar-refractivity contribution in [3.8, 4) is 0 Å². The Kier molecular flexibility index (Phi) is 4.29. The summed E-state index contributed by atoms with van der Waals surface area (Å²) in [4.78, 5) is 3.11. The second-order valence-corrected chi connectivity index (χ2v) is 5.12. The number of aromatic amines is 1. The molecule has 0 aliphatic carbocycles. The van der Waals surface area contributed by atoms with Gasteiger partial charge in [-0.05, 0) is 30.4 Å². The average molecular weight is 330 g/mol. The lowest BCUT2D eigenvalue weighted by molar-refractivity contribution is 0.591. The van der Waals surface area contributed by atoms with Crippen molar-refractivity contribution in [2.75, 3.05) is 5.32 Å². The Morgan fingerprint density at radius 2 is 1.83 bits per heavy atom. The van der Waals surface area contributed by atoms with E-state index in [1.54, 1.807) is 6.21 Å². The predicted molar refractivity (Wildman–Crippen MR) is 91.6 cm³/mol. The second kappa shape index (κ2) is 6.53. The molecule has 0 unspecified atom stereocenters. The molecule has 0 fully saturated rings. The molecule has 2 aromatic carbocycles. The number of para-hydroxylation sites is 2. The Morgan fingerprint density at radius 1 is 1.09 bits per heavy atom. The Bertz CT molecular complexity index is 868. The molecule has 0 radical (unpaired) electrons. The van der Waals surface area contributed by atoms with Crippen molar-refractivity contribution >= 4 is 40.1 Å². The maximum atomic E-state index is 13.5. The summed E-state index contributed by atoms with van der Waals surface area (Å²) in [5.41, 5.74) is 4.08. The fourth-order valence-electron chi connectivity index (χ4n) is 2.12. The lowest BCUT2D eigenvalue weighted by atomic mass is 10.2. The largest absolute Gasteiger partial charge is 0.361 e. The third-order valence-corrected chi connectivity index (χ3v) is 3.39. The van der Waals surface area contributed by atoms with E-state index in [2.05, 4.69) is 20.8 Å². The molecule has 7 heteroatoms. The summed E-state index contributed by atoms with van der Waals surface area (Å²) in [7, 11) is 0. The summed E-state index contributed by atoms with van der Waals surface area (Å²) >= 11 is 4.97. The number of nitrogens with zero attached hydrogens (tertiary/aromatic N) is 1. The van der Waals surface area contributed by atoms with Gasteiger partial charge in [0.2, 0.25) is 0 Å². The monoisotopic (exact) mass is 330 g/mol. The third kappa shape index (κ3) is 3.35. The predicted octanol–water partition coefficient (Wildman–Crippen LogP) is 3.77. The second-order valence-electron chi connectivity index (χ2n) is 4.71. The first-order valence-electron chi connectivity index (χ1n) is 6.75. The summed E-state index contributed by atoms with van der Waals surface area (Å²) in [5, 5.41) is 7.42. The zero-order chi connectivity index (χ0) is 16.2. The summed E-state index contributed by atoms with van der Waals surface area (Å²) < 4.78 is 27.0. The molecule has 1 heterocycles. The first-order valence-corrected chi connectivity index (χ1v) is 7.16. The van der Waals surface area contributed by atoms with Crippen molar-refractivity contribution in [1.29, 1.82) is 0 Å². The molecule has 23 heavy (non-hydrogen) atoms. The highest BCUT2D eigenvalue weighted by Gasteiger charge is 2.09. The molecule has 0 saturated heterocycles. The quantitative estimate of drug-likeness (QED) is 0.389. The molecular weight excluding hydrogens is 318 g/mol. The first-order chi connectivity index (χ1) is 11.1. The summed E-state index contributed by atoms with van der Waals surface area (Å²) in [6.07, 6.45) is 3.38. The van der Waals surface area contributed by atoms with Crippen LogP contribution in [0, 0.1) is 11.6 Å². The van der Waals surface area contributed by atoms with Crippen molar-refractivity contribution in [3.05, 3.63) is 65.9 Å². The van der Waals surface area contributed by atoms with E-state index in [1.165, 1.54) is 6.07 Å². The standard InChI is InChI=1S/C16H12F2N4S/c17-12-5-3-6-13(18)15(12)21-16(23)22-20-9-10-8-19-14-7-2-1-4-11(10)14/h1-9,19H,(H2,21,22,23)/b20-9-. The van der Waals surface area contributed by atoms with Crippen LogP contribution in [0.2, 0.25) is 0 Å². The third-order valence-electron chi connectivity index (χ3n) is 3.19. The van der Waals surface area contributed by atoms with E-state index in [-0.39, 0.29) is 10.8 Å². The van der Waals surface area contributed by atoms with Crippen molar-refractivity contribution < 1.29 is 8.78 Å². The number of thiocarbonyl (C=S) groups is 1. The van der Waals surface area contributed by atoms with Crippen LogP contribution >= 0.6 is 12.2 Å². The molecular formula is C16H12F2N4S. The number of hydrogen-bond acceptors (Lipinski definition) is 2. The van der Waals surface area contributed by atoms with Crippen LogP contribution in [0.4, 0.5) is 14.5 Å². The van der Waals surface area contributed by atoms with Crippen molar-refractivity contribution in [2.45, 2.75) is 0 Å². The number of aromatic nitrogens is 1. The van der Waals surface area contributed by atoms with Crippen LogP contribution in [0.3, 0.4) is 0 Å². The number of rotatable bonds is 3. The first kappa shape index (κ1) is 15.1. The van der Waals surface area contributed by atoms with Crippen LogP contribution < -0.4 is 10.7 Å². The molecule has 0 amide bonds. The van der Waals surface area contributed by atoms with Crippen LogP contribution in [0.1, 0.15) is 5.56 Å². The van der Waals surface area contributed by atoms with Gasteiger partial charge in [-0.2, -0.15) is 5.10 Å². The highest BCUT2D eigenvalue weighted by molar-refractivity contribution is 7.80. The van der Waals surface area contributed by atoms with Gasteiger partial charge in [0.15, 0.2) is 5.11 Å². The minimum Gasteiger partial charge on any atom is -0.361 e. The fourth-order valence-corrected chi connectivity index (χ4v) is 2.27. The molecule has 3 N–H and O–H groups in total. The van der Waals surface area contributed by atoms with Gasteiger partial charge in [-0.25, -0.2) is 8.78 Å². The number of nitrogens with one attached hydrogen (secondary N) is 3. The Labute approximate surface area is 136 Å². The number of hydrogen-bond donors (Lipinski definition) is 3. The number of benzene rings is 2. The molecule has 4 nitrogen and oxygen atoms in total. The zero-order valence-corrected chi connectivity index (χ0v) is 12.6. The van der Waals surface area contributed by atoms with E-state index >= 15 is 0 Å². The van der Waals surface area contributed by atoms with Gasteiger partial charge < -0.3 is 10.3 Å². The van der Waals surface area contributed by atoms with E-state index in [0.29, 0.717) is 0 Å². The van der Waals surface area contributed by atoms with Gasteiger partial charge in [0.25, 0.3) is 0 Å². The van der Waals surface area contributed by atoms with Crippen LogP contribution in [0.5, 0.6) is 0 Å². The van der Waals surface area contributed by atoms with Crippen LogP contribution in [0.15, 0.2) is 53.8 Å². The van der Waals surface area contributed by atoms with Gasteiger partial charge >= 0.3 is 0 Å². The van der Waals surface area contributed by atoms with Gasteiger partial charge in [-0.3, -0.25) is 5.43 Å². The Morgan fingerprint density at radius 3 is 2.61 bits per heavy atom. The molecule has 1 aromatic heterocycles. The lowest BCUT2D eigenvalue weighted by Gasteiger charge is -2.08. The number of H-pyrrole nitrogens is 1. The summed E-state index contributed by atoms with van der Waals surface area (Å²) in [5.74, 6) is -1.45. The van der Waals surface area contributed by atoms with Crippen LogP contribution in [-0.2, 0) is 0 Å². The van der Waals surface area contributed by atoms with Crippen molar-refractivity contribution in [1.82, 2.24) is 10.4 Å². The number of hydrazone groups is 1. The Balaban J connectivity index is 1.67. The molecule has 3 aromatic rings. The van der Waals surface area contributed by atoms with Crippen LogP contribution in [-0.4, -0.2) is 16.3 Å². The van der Waals surface area contributed by atoms with Crippen molar-refractivity contribution in [3.63, 3.8) is 0 Å². The van der Waals surface area contributed by atoms with E-state index in [1.807, 2.05) is 30.5 Å². The molecule has 0 atom stereocenters. The van der Waals surface area contributed by atoms with E-state index in [0.717, 1.165) is 28.6 Å². The Hall–Kier alpha value is -2.80. The number of anilines is 1. The van der Waals surface area contributed by atoms with Crippen LogP contribution in [0.25, 0.3) is 10.9 Å². The topological polar surface area (TPSA) is 52.2 Å². The highest BCUT2D eigenvalue weighted by Crippen LogP contribution is 2.18. The zero-order valence-electron chi connectivity index (χ0n) is 11.8. The van der Waals surface area contributed by atoms with Crippen molar-refractivity contribution in [2.24, 2.45) is 5.10 Å². The van der Waals surface area contributed by atoms with E-state index in [9.17, 15) is 8.78 Å².